The highest BCUT2D eigenvalue weighted by Crippen LogP contribution is 2.55. The fourth-order valence-electron chi connectivity index (χ4n) is 11.2. The summed E-state index contributed by atoms with van der Waals surface area (Å²) in [5.74, 6) is 0. The van der Waals surface area contributed by atoms with Crippen molar-refractivity contribution in [2.75, 3.05) is 4.90 Å². The molecular formula is C65H49N. The maximum absolute atomic E-state index is 2.45. The lowest BCUT2D eigenvalue weighted by Gasteiger charge is -2.31. The molecule has 0 aliphatic heterocycles. The number of benzene rings is 10. The van der Waals surface area contributed by atoms with E-state index in [1.54, 1.807) is 0 Å². The van der Waals surface area contributed by atoms with Crippen LogP contribution in [0.15, 0.2) is 243 Å². The van der Waals surface area contributed by atoms with Gasteiger partial charge in [-0.05, 0) is 138 Å². The van der Waals surface area contributed by atoms with Gasteiger partial charge >= 0.3 is 0 Å². The van der Waals surface area contributed by atoms with Crippen LogP contribution in [0, 0.1) is 0 Å². The average molecular weight is 844 g/mol. The van der Waals surface area contributed by atoms with Gasteiger partial charge in [0.1, 0.15) is 0 Å². The molecule has 1 heteroatoms. The summed E-state index contributed by atoms with van der Waals surface area (Å²) in [4.78, 5) is 2.45. The number of hydrogen-bond acceptors (Lipinski definition) is 1. The zero-order chi connectivity index (χ0) is 44.4. The smallest absolute Gasteiger partial charge is 0.0467 e. The minimum absolute atomic E-state index is 0.129. The Hall–Kier alpha value is -8.00. The quantitative estimate of drug-likeness (QED) is 0.147. The molecule has 2 aliphatic rings. The van der Waals surface area contributed by atoms with Crippen molar-refractivity contribution in [3.63, 3.8) is 0 Å². The van der Waals surface area contributed by atoms with Gasteiger partial charge in [-0.3, -0.25) is 0 Å². The molecule has 0 bridgehead atoms. The van der Waals surface area contributed by atoms with E-state index in [4.69, 9.17) is 0 Å². The van der Waals surface area contributed by atoms with E-state index in [-0.39, 0.29) is 10.8 Å². The van der Waals surface area contributed by atoms with E-state index in [1.807, 2.05) is 0 Å². The number of nitrogens with zero attached hydrogens (tertiary/aromatic N) is 1. The van der Waals surface area contributed by atoms with Crippen molar-refractivity contribution in [2.24, 2.45) is 0 Å². The van der Waals surface area contributed by atoms with Crippen LogP contribution in [-0.4, -0.2) is 0 Å². The third kappa shape index (κ3) is 6.38. The maximum Gasteiger partial charge on any atom is 0.0467 e. The van der Waals surface area contributed by atoms with Gasteiger partial charge in [-0.1, -0.05) is 220 Å². The van der Waals surface area contributed by atoms with Crippen molar-refractivity contribution in [2.45, 2.75) is 31.6 Å². The molecule has 0 saturated carbocycles. The summed E-state index contributed by atoms with van der Waals surface area (Å²) in [7, 11) is 0. The Morgan fingerprint density at radius 1 is 0.273 bits per heavy atom. The Balaban J connectivity index is 0.951. The first kappa shape index (κ1) is 39.6. The molecule has 1 nitrogen and oxygen atoms in total. The third-order valence-electron chi connectivity index (χ3n) is 14.6. The first-order valence-corrected chi connectivity index (χ1v) is 23.2. The zero-order valence-electron chi connectivity index (χ0n) is 37.5. The van der Waals surface area contributed by atoms with Crippen molar-refractivity contribution >= 4 is 17.1 Å². The van der Waals surface area contributed by atoms with E-state index < -0.39 is 0 Å². The van der Waals surface area contributed by atoms with Crippen molar-refractivity contribution in [1.29, 1.82) is 0 Å². The van der Waals surface area contributed by atoms with Crippen LogP contribution < -0.4 is 4.90 Å². The highest BCUT2D eigenvalue weighted by atomic mass is 15.1. The first-order chi connectivity index (χ1) is 32.4. The van der Waals surface area contributed by atoms with Gasteiger partial charge in [-0.15, -0.1) is 0 Å². The summed E-state index contributed by atoms with van der Waals surface area (Å²) in [5.41, 5.74) is 24.7. The molecule has 0 radical (unpaired) electrons. The van der Waals surface area contributed by atoms with Gasteiger partial charge in [0.15, 0.2) is 0 Å². The molecule has 0 heterocycles. The molecule has 10 aromatic rings. The van der Waals surface area contributed by atoms with Gasteiger partial charge in [-0.25, -0.2) is 0 Å². The predicted molar refractivity (Wildman–Crippen MR) is 278 cm³/mol. The molecule has 12 rings (SSSR count). The standard InChI is InChI=1S/C65H49N/c1-64(2)60-26-12-10-23-57(60)59-25-15-24-55(63(59)64)50-18-14-21-53(42-50)66(54-40-41-58-56-22-11-13-27-61(56)65(3,62(58)43-54)51-19-8-5-9-20-51)52-38-36-49(37-39-52)48-34-32-47(33-35-48)46-30-28-45(29-31-46)44-16-6-4-7-17-44/h4-43H,1-3H3. The van der Waals surface area contributed by atoms with E-state index in [2.05, 4.69) is 268 Å². The Kier molecular flexibility index (Phi) is 9.36. The van der Waals surface area contributed by atoms with E-state index in [0.29, 0.717) is 0 Å². The molecule has 10 aromatic carbocycles. The number of hydrogen-bond donors (Lipinski definition) is 0. The first-order valence-electron chi connectivity index (χ1n) is 23.2. The summed E-state index contributed by atoms with van der Waals surface area (Å²) in [6.07, 6.45) is 0. The van der Waals surface area contributed by atoms with Gasteiger partial charge in [0.25, 0.3) is 0 Å². The second kappa shape index (κ2) is 15.6. The third-order valence-corrected chi connectivity index (χ3v) is 14.6. The largest absolute Gasteiger partial charge is 0.310 e. The van der Waals surface area contributed by atoms with Crippen LogP contribution in [0.5, 0.6) is 0 Å². The SMILES string of the molecule is CC1(C)c2ccccc2-c2cccc(-c3cccc(N(c4ccc(-c5ccc(-c6ccc(-c7ccccc7)cc6)cc5)cc4)c4ccc5c(c4)C(C)(c4ccccc4)c4ccccc4-5)c3)c21. The summed E-state index contributed by atoms with van der Waals surface area (Å²) in [6, 6.07) is 89.6. The molecular weight excluding hydrogens is 795 g/mol. The minimum Gasteiger partial charge on any atom is -0.310 e. The van der Waals surface area contributed by atoms with Crippen LogP contribution in [0.3, 0.4) is 0 Å². The Morgan fingerprint density at radius 3 is 1.33 bits per heavy atom. The summed E-state index contributed by atoms with van der Waals surface area (Å²) >= 11 is 0. The molecule has 314 valence electrons. The van der Waals surface area contributed by atoms with Gasteiger partial charge < -0.3 is 4.90 Å². The summed E-state index contributed by atoms with van der Waals surface area (Å²) in [5, 5.41) is 0. The van der Waals surface area contributed by atoms with Gasteiger partial charge in [0.2, 0.25) is 0 Å². The lowest BCUT2D eigenvalue weighted by atomic mass is 9.74. The molecule has 66 heavy (non-hydrogen) atoms. The zero-order valence-corrected chi connectivity index (χ0v) is 37.5. The minimum atomic E-state index is -0.318. The molecule has 0 N–H and O–H groups in total. The van der Waals surface area contributed by atoms with Crippen molar-refractivity contribution in [3.8, 4) is 66.8 Å². The van der Waals surface area contributed by atoms with Gasteiger partial charge in [0, 0.05) is 27.9 Å². The molecule has 0 fully saturated rings. The monoisotopic (exact) mass is 843 g/mol. The van der Waals surface area contributed by atoms with Crippen LogP contribution in [0.2, 0.25) is 0 Å². The van der Waals surface area contributed by atoms with Crippen LogP contribution in [0.25, 0.3) is 66.8 Å². The van der Waals surface area contributed by atoms with E-state index in [9.17, 15) is 0 Å². The Bertz CT molecular complexity index is 3420. The highest BCUT2D eigenvalue weighted by molar-refractivity contribution is 5.91. The number of rotatable bonds is 8. The van der Waals surface area contributed by atoms with Crippen LogP contribution in [0.1, 0.15) is 48.6 Å². The van der Waals surface area contributed by atoms with Crippen LogP contribution in [-0.2, 0) is 10.8 Å². The molecule has 1 unspecified atom stereocenters. The number of anilines is 3. The van der Waals surface area contributed by atoms with Crippen molar-refractivity contribution in [3.05, 3.63) is 270 Å². The topological polar surface area (TPSA) is 3.24 Å². The second-order valence-electron chi connectivity index (χ2n) is 18.6. The molecule has 0 spiro atoms. The highest BCUT2D eigenvalue weighted by Gasteiger charge is 2.41. The molecule has 0 amide bonds. The second-order valence-corrected chi connectivity index (χ2v) is 18.6. The fourth-order valence-corrected chi connectivity index (χ4v) is 11.2. The normalized spacial score (nSPS) is 15.1. The Labute approximate surface area is 389 Å². The lowest BCUT2D eigenvalue weighted by molar-refractivity contribution is 0.662. The van der Waals surface area contributed by atoms with E-state index in [0.717, 1.165) is 17.1 Å². The predicted octanol–water partition coefficient (Wildman–Crippen LogP) is 17.5. The van der Waals surface area contributed by atoms with Gasteiger partial charge in [0.05, 0.1) is 0 Å². The summed E-state index contributed by atoms with van der Waals surface area (Å²) in [6.45, 7) is 7.15. The fraction of sp³-hybridized carbons (Fsp3) is 0.0769. The molecule has 0 saturated heterocycles. The number of fused-ring (bicyclic) bond motifs is 6. The van der Waals surface area contributed by atoms with E-state index in [1.165, 1.54) is 94.6 Å². The molecule has 1 atom stereocenters. The van der Waals surface area contributed by atoms with E-state index >= 15 is 0 Å². The maximum atomic E-state index is 2.45. The summed E-state index contributed by atoms with van der Waals surface area (Å²) < 4.78 is 0. The van der Waals surface area contributed by atoms with Crippen molar-refractivity contribution in [1.82, 2.24) is 0 Å². The Morgan fingerprint density at radius 2 is 0.697 bits per heavy atom. The molecule has 2 aliphatic carbocycles. The average Bonchev–Trinajstić information content (AvgIpc) is 3.78. The lowest BCUT2D eigenvalue weighted by Crippen LogP contribution is -2.22. The van der Waals surface area contributed by atoms with Crippen LogP contribution >= 0.6 is 0 Å². The van der Waals surface area contributed by atoms with Crippen molar-refractivity contribution < 1.29 is 0 Å². The molecule has 0 aromatic heterocycles. The van der Waals surface area contributed by atoms with Crippen LogP contribution in [0.4, 0.5) is 17.1 Å². The van der Waals surface area contributed by atoms with Gasteiger partial charge in [-0.2, -0.15) is 0 Å².